The molecule has 7 rings (SSSR count). The van der Waals surface area contributed by atoms with Crippen LogP contribution in [-0.2, 0) is 19.1 Å². The number of aryl methyl sites for hydroxylation is 4. The van der Waals surface area contributed by atoms with Crippen LogP contribution in [0.2, 0.25) is 0 Å². The first kappa shape index (κ1) is 46.8. The number of hydrogen-bond acceptors (Lipinski definition) is 11. The number of ether oxygens (including phenoxy) is 1. The standard InChI is InChI=1S/C50H61N9O5S/c1-32-14-15-39(45-34(3)56-64-36(45)5)27-43(32)58(41-22-20-40(21-23-41)57-29-52-53-30-57)24-10-9-11-26-63-28-44(60)55-47(50(6,7)8)49(62)59-25-12-13-42(59)48(61)54-33(2)37-16-18-38(19-17-37)46-35(4)51-31-65-46/h14-23,27,29-31,33,42,47H,9-13,24-26,28H2,1-8H3,(H,54,61)(H,55,60)/t33-,42-,47+/m0/s1. The lowest BCUT2D eigenvalue weighted by atomic mass is 9.85. The van der Waals surface area contributed by atoms with Gasteiger partial charge in [0.1, 0.15) is 37.1 Å². The Morgan fingerprint density at radius 1 is 0.908 bits per heavy atom. The minimum Gasteiger partial charge on any atom is -0.372 e. The van der Waals surface area contributed by atoms with Gasteiger partial charge in [0.2, 0.25) is 17.7 Å². The molecule has 15 heteroatoms. The van der Waals surface area contributed by atoms with Gasteiger partial charge in [0.15, 0.2) is 0 Å². The van der Waals surface area contributed by atoms with E-state index in [4.69, 9.17) is 9.26 Å². The van der Waals surface area contributed by atoms with Crippen LogP contribution in [0.3, 0.4) is 0 Å². The second-order valence-corrected chi connectivity index (χ2v) is 18.9. The molecule has 3 aromatic heterocycles. The van der Waals surface area contributed by atoms with Crippen molar-refractivity contribution in [2.24, 2.45) is 5.41 Å². The van der Waals surface area contributed by atoms with E-state index in [1.165, 1.54) is 0 Å². The maximum Gasteiger partial charge on any atom is 0.246 e. The third-order valence-electron chi connectivity index (χ3n) is 12.1. The molecule has 1 fully saturated rings. The summed E-state index contributed by atoms with van der Waals surface area (Å²) in [6.45, 7) is 17.2. The van der Waals surface area contributed by atoms with Crippen molar-refractivity contribution in [3.05, 3.63) is 113 Å². The topological polar surface area (TPSA) is 161 Å². The largest absolute Gasteiger partial charge is 0.372 e. The molecule has 0 unspecified atom stereocenters. The Kier molecular flexibility index (Phi) is 14.9. The van der Waals surface area contributed by atoms with E-state index in [2.05, 4.69) is 85.3 Å². The minimum atomic E-state index is -0.830. The molecule has 0 spiro atoms. The predicted octanol–water partition coefficient (Wildman–Crippen LogP) is 9.00. The van der Waals surface area contributed by atoms with Crippen molar-refractivity contribution in [3.63, 3.8) is 0 Å². The summed E-state index contributed by atoms with van der Waals surface area (Å²) in [5, 5.41) is 18.2. The third kappa shape index (κ3) is 11.2. The Morgan fingerprint density at radius 3 is 2.29 bits per heavy atom. The molecule has 0 radical (unpaired) electrons. The number of anilines is 2. The van der Waals surface area contributed by atoms with E-state index in [0.29, 0.717) is 26.0 Å². The molecule has 1 aliphatic rings. The van der Waals surface area contributed by atoms with Crippen molar-refractivity contribution in [1.29, 1.82) is 0 Å². The lowest BCUT2D eigenvalue weighted by Gasteiger charge is -2.35. The van der Waals surface area contributed by atoms with Crippen LogP contribution in [0.15, 0.2) is 89.4 Å². The van der Waals surface area contributed by atoms with Gasteiger partial charge >= 0.3 is 0 Å². The summed E-state index contributed by atoms with van der Waals surface area (Å²) in [5.41, 5.74) is 11.4. The number of carbonyl (C=O) groups excluding carboxylic acids is 3. The highest BCUT2D eigenvalue weighted by molar-refractivity contribution is 7.13. The summed E-state index contributed by atoms with van der Waals surface area (Å²) in [7, 11) is 0. The van der Waals surface area contributed by atoms with Gasteiger partial charge in [-0.05, 0) is 125 Å². The van der Waals surface area contributed by atoms with Crippen LogP contribution in [0, 0.1) is 33.1 Å². The van der Waals surface area contributed by atoms with Gasteiger partial charge in [0.25, 0.3) is 0 Å². The average molecular weight is 900 g/mol. The van der Waals surface area contributed by atoms with Crippen LogP contribution in [0.4, 0.5) is 11.4 Å². The minimum absolute atomic E-state index is 0.165. The second-order valence-electron chi connectivity index (χ2n) is 18.0. The Hall–Kier alpha value is -6.19. The molecule has 4 heterocycles. The van der Waals surface area contributed by atoms with Gasteiger partial charge in [-0.25, -0.2) is 4.98 Å². The Labute approximate surface area is 385 Å². The summed E-state index contributed by atoms with van der Waals surface area (Å²) < 4.78 is 13.3. The summed E-state index contributed by atoms with van der Waals surface area (Å²) in [6.07, 6.45) is 7.13. The number of nitrogens with one attached hydrogen (secondary N) is 2. The lowest BCUT2D eigenvalue weighted by molar-refractivity contribution is -0.144. The Morgan fingerprint density at radius 2 is 1.63 bits per heavy atom. The van der Waals surface area contributed by atoms with E-state index in [1.807, 2.05) is 82.8 Å². The van der Waals surface area contributed by atoms with E-state index in [0.717, 1.165) is 92.7 Å². The highest BCUT2D eigenvalue weighted by atomic mass is 32.1. The van der Waals surface area contributed by atoms with E-state index in [9.17, 15) is 14.4 Å². The number of nitrogens with zero attached hydrogens (tertiary/aromatic N) is 7. The summed E-state index contributed by atoms with van der Waals surface area (Å²) in [4.78, 5) is 50.6. The van der Waals surface area contributed by atoms with Crippen molar-refractivity contribution in [2.75, 3.05) is 31.2 Å². The van der Waals surface area contributed by atoms with Gasteiger partial charge in [0.05, 0.1) is 27.8 Å². The molecule has 14 nitrogen and oxygen atoms in total. The van der Waals surface area contributed by atoms with Crippen LogP contribution in [-0.4, -0.2) is 85.9 Å². The van der Waals surface area contributed by atoms with E-state index in [-0.39, 0.29) is 30.4 Å². The maximum absolute atomic E-state index is 14.2. The van der Waals surface area contributed by atoms with Crippen LogP contribution in [0.5, 0.6) is 0 Å². The molecule has 3 atom stereocenters. The zero-order valence-electron chi connectivity index (χ0n) is 38.8. The average Bonchev–Trinajstić information content (AvgIpc) is 4.13. The Bertz CT molecular complexity index is 2520. The number of amides is 3. The normalized spacial score (nSPS) is 14.9. The highest BCUT2D eigenvalue weighted by Crippen LogP contribution is 2.36. The van der Waals surface area contributed by atoms with Crippen molar-refractivity contribution < 1.29 is 23.6 Å². The van der Waals surface area contributed by atoms with Crippen LogP contribution in [0.25, 0.3) is 27.3 Å². The van der Waals surface area contributed by atoms with E-state index >= 15 is 0 Å². The maximum atomic E-state index is 14.2. The monoisotopic (exact) mass is 899 g/mol. The first-order chi connectivity index (χ1) is 31.2. The molecule has 65 heavy (non-hydrogen) atoms. The number of likely N-dealkylation sites (tertiary alicyclic amines) is 1. The third-order valence-corrected chi connectivity index (χ3v) is 13.1. The fourth-order valence-corrected chi connectivity index (χ4v) is 9.32. The van der Waals surface area contributed by atoms with Crippen molar-refractivity contribution >= 4 is 40.4 Å². The van der Waals surface area contributed by atoms with E-state index < -0.39 is 17.5 Å². The summed E-state index contributed by atoms with van der Waals surface area (Å²) >= 11 is 1.60. The van der Waals surface area contributed by atoms with Gasteiger partial charge in [-0.1, -0.05) is 62.3 Å². The molecule has 1 aliphatic heterocycles. The van der Waals surface area contributed by atoms with E-state index in [1.54, 1.807) is 28.9 Å². The molecule has 3 amide bonds. The lowest BCUT2D eigenvalue weighted by Crippen LogP contribution is -2.58. The second kappa shape index (κ2) is 20.8. The first-order valence-corrected chi connectivity index (χ1v) is 23.3. The zero-order chi connectivity index (χ0) is 46.3. The first-order valence-electron chi connectivity index (χ1n) is 22.4. The summed E-state index contributed by atoms with van der Waals surface area (Å²) in [5.74, 6) is -0.0362. The number of carbonyl (C=O) groups is 3. The highest BCUT2D eigenvalue weighted by Gasteiger charge is 2.42. The van der Waals surface area contributed by atoms with Crippen LogP contribution < -0.4 is 15.5 Å². The van der Waals surface area contributed by atoms with Crippen molar-refractivity contribution in [2.45, 2.75) is 106 Å². The molecule has 3 aromatic carbocycles. The predicted molar refractivity (Wildman–Crippen MR) is 254 cm³/mol. The smallest absolute Gasteiger partial charge is 0.246 e. The number of rotatable bonds is 18. The van der Waals surface area contributed by atoms with Gasteiger partial charge in [-0.3, -0.25) is 19.0 Å². The fourth-order valence-electron chi connectivity index (χ4n) is 8.51. The van der Waals surface area contributed by atoms with Crippen LogP contribution in [0.1, 0.15) is 94.1 Å². The number of thiazole rings is 1. The Balaban J connectivity index is 0.911. The zero-order valence-corrected chi connectivity index (χ0v) is 39.6. The molecule has 342 valence electrons. The molecular formula is C50H61N9O5S. The molecule has 0 saturated carbocycles. The number of benzene rings is 3. The van der Waals surface area contributed by atoms with Gasteiger partial charge in [-0.2, -0.15) is 0 Å². The van der Waals surface area contributed by atoms with Crippen molar-refractivity contribution in [3.8, 4) is 27.3 Å². The van der Waals surface area contributed by atoms with Gasteiger partial charge in [-0.15, -0.1) is 21.5 Å². The van der Waals surface area contributed by atoms with Crippen LogP contribution >= 0.6 is 11.3 Å². The molecule has 0 aliphatic carbocycles. The molecule has 0 bridgehead atoms. The number of hydrogen-bond donors (Lipinski definition) is 2. The summed E-state index contributed by atoms with van der Waals surface area (Å²) in [6, 6.07) is 21.2. The van der Waals surface area contributed by atoms with Gasteiger partial charge in [0, 0.05) is 42.3 Å². The molecule has 6 aromatic rings. The molecule has 1 saturated heterocycles. The van der Waals surface area contributed by atoms with Gasteiger partial charge < -0.3 is 29.7 Å². The number of unbranched alkanes of at least 4 members (excludes halogenated alkanes) is 2. The van der Waals surface area contributed by atoms with Crippen molar-refractivity contribution in [1.82, 2.24) is 40.4 Å². The quantitative estimate of drug-likeness (QED) is 0.0797. The molecular weight excluding hydrogens is 839 g/mol. The SMILES string of the molecule is Cc1ccc(-c2c(C)noc2C)cc1N(CCCCCOCC(=O)N[C@H](C(=O)N1CCC[C@H]1C(=O)N[C@@H](C)c1ccc(-c2scnc2C)cc1)C(C)(C)C)c1ccc(-n2cnnc2)cc1. The number of aromatic nitrogens is 5. The fraction of sp³-hybridized carbons (Fsp3) is 0.420. The molecule has 2 N–H and O–H groups in total.